The zero-order valence-corrected chi connectivity index (χ0v) is 4.91. The van der Waals surface area contributed by atoms with Crippen molar-refractivity contribution in [3.8, 4) is 0 Å². The van der Waals surface area contributed by atoms with Crippen LogP contribution in [0.2, 0.25) is 0 Å². The van der Waals surface area contributed by atoms with Crippen LogP contribution in [0.1, 0.15) is 0 Å². The highest BCUT2D eigenvalue weighted by atomic mass is 31.0. The van der Waals surface area contributed by atoms with E-state index in [0.29, 0.717) is 0 Å². The van der Waals surface area contributed by atoms with Crippen LogP contribution in [0.5, 0.6) is 0 Å². The molecule has 0 aliphatic carbocycles. The van der Waals surface area contributed by atoms with Gasteiger partial charge in [0, 0.05) is 0 Å². The summed E-state index contributed by atoms with van der Waals surface area (Å²) in [5.41, 5.74) is 0. The van der Waals surface area contributed by atoms with Gasteiger partial charge in [-0.3, -0.25) is 0 Å². The monoisotopic (exact) mass is 119 g/mol. The first-order valence-electron chi connectivity index (χ1n) is 1.50. The minimum Gasteiger partial charge on any atom is -0.315 e. The zero-order chi connectivity index (χ0) is 5.70. The van der Waals surface area contributed by atoms with E-state index in [9.17, 15) is 0 Å². The van der Waals surface area contributed by atoms with Gasteiger partial charge in [-0.15, -0.1) is 0 Å². The lowest BCUT2D eigenvalue weighted by atomic mass is 10.9. The molecule has 0 saturated heterocycles. The first-order chi connectivity index (χ1) is 3.31. The molecule has 1 unspecified atom stereocenters. The third-order valence-corrected chi connectivity index (χ3v) is 0.417. The third kappa shape index (κ3) is 3.43. The number of rotatable bonds is 3. The molecule has 7 heavy (non-hydrogen) atoms. The van der Waals surface area contributed by atoms with Crippen molar-refractivity contribution >= 4 is 16.2 Å². The van der Waals surface area contributed by atoms with Gasteiger partial charge in [-0.05, 0) is 13.3 Å². The maximum Gasteiger partial charge on any atom is 0.248 e. The molecule has 0 amide bonds. The standard InChI is InChI=1S/C3H6NO2P/c1-3(4-2)5-6-7/h1-2,7H2. The Kier molecular flexibility index (Phi) is 3.56. The van der Waals surface area contributed by atoms with E-state index in [-0.39, 0.29) is 5.88 Å². The largest absolute Gasteiger partial charge is 0.315 e. The van der Waals surface area contributed by atoms with Crippen LogP contribution in [0.4, 0.5) is 0 Å². The van der Waals surface area contributed by atoms with Crippen LogP contribution in [0.25, 0.3) is 0 Å². The second kappa shape index (κ2) is 3.78. The molecule has 0 spiro atoms. The molecular formula is C3H6NO2P. The van der Waals surface area contributed by atoms with Gasteiger partial charge in [-0.2, -0.15) is 4.67 Å². The Bertz CT molecular complexity index is 83.0. The molecule has 0 N–H and O–H groups in total. The number of nitrogens with zero attached hydrogens (tertiary/aromatic N) is 1. The number of hydrogen-bond donors (Lipinski definition) is 0. The van der Waals surface area contributed by atoms with Gasteiger partial charge in [0.2, 0.25) is 5.88 Å². The second-order valence-electron chi connectivity index (χ2n) is 0.731. The molecule has 0 aromatic heterocycles. The summed E-state index contributed by atoms with van der Waals surface area (Å²) < 4.78 is 4.08. The summed E-state index contributed by atoms with van der Waals surface area (Å²) >= 11 is 0. The molecule has 0 aliphatic heterocycles. The molecule has 0 heterocycles. The van der Waals surface area contributed by atoms with E-state index in [1.807, 2.05) is 9.47 Å². The molecule has 40 valence electrons. The van der Waals surface area contributed by atoms with E-state index in [4.69, 9.17) is 0 Å². The fourth-order valence-corrected chi connectivity index (χ4v) is 0.193. The molecule has 4 heteroatoms. The van der Waals surface area contributed by atoms with E-state index in [0.717, 1.165) is 0 Å². The van der Waals surface area contributed by atoms with Crippen molar-refractivity contribution in [2.24, 2.45) is 4.99 Å². The molecule has 1 atom stereocenters. The van der Waals surface area contributed by atoms with Crippen molar-refractivity contribution in [1.29, 1.82) is 0 Å². The van der Waals surface area contributed by atoms with E-state index in [1.54, 1.807) is 0 Å². The molecule has 0 radical (unpaired) electrons. The van der Waals surface area contributed by atoms with Gasteiger partial charge in [0.05, 0.1) is 9.47 Å². The average molecular weight is 119 g/mol. The Balaban J connectivity index is 3.17. The highest BCUT2D eigenvalue weighted by molar-refractivity contribution is 7.09. The molecule has 0 bridgehead atoms. The van der Waals surface area contributed by atoms with Gasteiger partial charge in [0.25, 0.3) is 0 Å². The van der Waals surface area contributed by atoms with Crippen LogP contribution in [0.3, 0.4) is 0 Å². The predicted molar refractivity (Wildman–Crippen MR) is 30.6 cm³/mol. The summed E-state index contributed by atoms with van der Waals surface area (Å²) in [5, 5.41) is 0. The van der Waals surface area contributed by atoms with Crippen LogP contribution in [0.15, 0.2) is 17.5 Å². The molecule has 0 aromatic carbocycles. The van der Waals surface area contributed by atoms with Gasteiger partial charge in [0.1, 0.15) is 0 Å². The maximum atomic E-state index is 4.23. The summed E-state index contributed by atoms with van der Waals surface area (Å²) in [6.45, 7) is 6.39. The normalized spacial score (nSPS) is 7.57. The lowest BCUT2D eigenvalue weighted by Gasteiger charge is -1.93. The van der Waals surface area contributed by atoms with E-state index in [2.05, 4.69) is 27.9 Å². The van der Waals surface area contributed by atoms with Crippen LogP contribution >= 0.6 is 9.47 Å². The lowest BCUT2D eigenvalue weighted by Crippen LogP contribution is -1.77. The highest BCUT2D eigenvalue weighted by Crippen LogP contribution is 1.96. The molecule has 3 nitrogen and oxygen atoms in total. The summed E-state index contributed by atoms with van der Waals surface area (Å²) in [4.78, 5) is 7.50. The minimum absolute atomic E-state index is 0.148. The molecule has 0 rings (SSSR count). The van der Waals surface area contributed by atoms with Crippen molar-refractivity contribution in [3.05, 3.63) is 12.5 Å². The average Bonchev–Trinajstić information content (AvgIpc) is 1.68. The van der Waals surface area contributed by atoms with Gasteiger partial charge < -0.3 is 4.89 Å². The maximum absolute atomic E-state index is 4.23. The fourth-order valence-electron chi connectivity index (χ4n) is 0.0819. The SMILES string of the molecule is C=NC(=C)OOP. The molecule has 0 saturated carbocycles. The van der Waals surface area contributed by atoms with Crippen molar-refractivity contribution in [1.82, 2.24) is 0 Å². The lowest BCUT2D eigenvalue weighted by molar-refractivity contribution is -0.149. The van der Waals surface area contributed by atoms with Crippen molar-refractivity contribution < 1.29 is 9.56 Å². The second-order valence-corrected chi connectivity index (χ2v) is 0.924. The van der Waals surface area contributed by atoms with Gasteiger partial charge in [-0.25, -0.2) is 4.99 Å². The quantitative estimate of drug-likeness (QED) is 0.181. The summed E-state index contributed by atoms with van der Waals surface area (Å²) in [6, 6.07) is 0. The first kappa shape index (κ1) is 6.60. The van der Waals surface area contributed by atoms with Crippen molar-refractivity contribution in [2.75, 3.05) is 0 Å². The Morgan fingerprint density at radius 2 is 2.29 bits per heavy atom. The van der Waals surface area contributed by atoms with E-state index >= 15 is 0 Å². The van der Waals surface area contributed by atoms with Gasteiger partial charge >= 0.3 is 0 Å². The van der Waals surface area contributed by atoms with Gasteiger partial charge in [-0.1, -0.05) is 0 Å². The Morgan fingerprint density at radius 3 is 2.43 bits per heavy atom. The predicted octanol–water partition coefficient (Wildman–Crippen LogP) is 0.896. The van der Waals surface area contributed by atoms with Gasteiger partial charge in [0.15, 0.2) is 0 Å². The molecule has 0 aromatic rings. The van der Waals surface area contributed by atoms with E-state index in [1.165, 1.54) is 0 Å². The summed E-state index contributed by atoms with van der Waals surface area (Å²) in [6.07, 6.45) is 0. The van der Waals surface area contributed by atoms with Crippen molar-refractivity contribution in [2.45, 2.75) is 0 Å². The Labute approximate surface area is 44.2 Å². The smallest absolute Gasteiger partial charge is 0.248 e. The number of hydrogen-bond acceptors (Lipinski definition) is 3. The van der Waals surface area contributed by atoms with Crippen LogP contribution in [-0.2, 0) is 9.56 Å². The number of aliphatic imine (C=N–C) groups is 1. The van der Waals surface area contributed by atoms with Crippen LogP contribution < -0.4 is 0 Å². The zero-order valence-electron chi connectivity index (χ0n) is 3.76. The third-order valence-electron chi connectivity index (χ3n) is 0.321. The minimum atomic E-state index is 0.148. The van der Waals surface area contributed by atoms with Crippen molar-refractivity contribution in [3.63, 3.8) is 0 Å². The Morgan fingerprint density at radius 1 is 1.71 bits per heavy atom. The first-order valence-corrected chi connectivity index (χ1v) is 1.97. The Hall–Kier alpha value is -0.400. The van der Waals surface area contributed by atoms with Crippen LogP contribution in [0, 0.1) is 0 Å². The molecular weight excluding hydrogens is 113 g/mol. The highest BCUT2D eigenvalue weighted by Gasteiger charge is 1.81. The van der Waals surface area contributed by atoms with E-state index < -0.39 is 0 Å². The fraction of sp³-hybridized carbons (Fsp3) is 0. The summed E-state index contributed by atoms with van der Waals surface area (Å²) in [5.74, 6) is 0.148. The molecule has 0 fully saturated rings. The summed E-state index contributed by atoms with van der Waals surface area (Å²) in [7, 11) is 1.88. The van der Waals surface area contributed by atoms with Crippen LogP contribution in [-0.4, -0.2) is 6.72 Å². The molecule has 0 aliphatic rings. The topological polar surface area (TPSA) is 30.8 Å².